The van der Waals surface area contributed by atoms with Crippen LogP contribution in [0.3, 0.4) is 0 Å². The molecule has 9 heteroatoms. The number of Topliss-reactive ketones (excluding diaryl/α,β-unsaturated/α-hetero) is 1. The van der Waals surface area contributed by atoms with Crippen molar-refractivity contribution in [2.24, 2.45) is 0 Å². The summed E-state index contributed by atoms with van der Waals surface area (Å²) in [4.78, 5) is 41.2. The number of ketones is 1. The number of aliphatic hydroxyl groups is 1. The number of hydrogen-bond donors (Lipinski definition) is 2. The third-order valence-corrected chi connectivity index (χ3v) is 6.63. The van der Waals surface area contributed by atoms with E-state index in [0.717, 1.165) is 5.69 Å². The number of fused-ring (bicyclic) bond motifs is 1. The summed E-state index contributed by atoms with van der Waals surface area (Å²) < 4.78 is 11.2. The summed E-state index contributed by atoms with van der Waals surface area (Å²) in [6.07, 6.45) is 0. The van der Waals surface area contributed by atoms with Gasteiger partial charge >= 0.3 is 5.97 Å². The summed E-state index contributed by atoms with van der Waals surface area (Å²) in [5.41, 5.74) is 2.63. The minimum Gasteiger partial charge on any atom is -0.507 e. The fourth-order valence-electron chi connectivity index (χ4n) is 4.64. The predicted molar refractivity (Wildman–Crippen MR) is 139 cm³/mol. The first kappa shape index (κ1) is 24.9. The summed E-state index contributed by atoms with van der Waals surface area (Å²) in [5.74, 6) is -1.95. The van der Waals surface area contributed by atoms with Gasteiger partial charge in [-0.15, -0.1) is 0 Å². The zero-order valence-electron chi connectivity index (χ0n) is 20.9. The molecule has 0 radical (unpaired) electrons. The van der Waals surface area contributed by atoms with Crippen LogP contribution in [0.25, 0.3) is 5.76 Å². The first-order valence-corrected chi connectivity index (χ1v) is 12.0. The molecular formula is C29H26N2O7. The van der Waals surface area contributed by atoms with Crippen molar-refractivity contribution in [3.63, 3.8) is 0 Å². The molecule has 3 aromatic rings. The van der Waals surface area contributed by atoms with Crippen LogP contribution in [-0.4, -0.2) is 60.1 Å². The van der Waals surface area contributed by atoms with Crippen LogP contribution < -0.4 is 14.4 Å². The predicted octanol–water partition coefficient (Wildman–Crippen LogP) is 3.84. The van der Waals surface area contributed by atoms with E-state index in [2.05, 4.69) is 0 Å². The highest BCUT2D eigenvalue weighted by Gasteiger charge is 2.46. The lowest BCUT2D eigenvalue weighted by Gasteiger charge is -2.26. The second kappa shape index (κ2) is 9.93. The first-order valence-electron chi connectivity index (χ1n) is 12.0. The molecule has 0 aromatic heterocycles. The number of nitrogens with zero attached hydrogens (tertiary/aromatic N) is 2. The maximum absolute atomic E-state index is 13.4. The minimum absolute atomic E-state index is 0.0357. The van der Waals surface area contributed by atoms with Crippen molar-refractivity contribution in [3.8, 4) is 11.5 Å². The highest BCUT2D eigenvalue weighted by atomic mass is 16.6. The lowest BCUT2D eigenvalue weighted by Crippen LogP contribution is -2.29. The topological polar surface area (TPSA) is 117 Å². The van der Waals surface area contributed by atoms with Crippen molar-refractivity contribution in [1.82, 2.24) is 4.90 Å². The number of aliphatic hydroxyl groups excluding tert-OH is 1. The van der Waals surface area contributed by atoms with Gasteiger partial charge in [0.15, 0.2) is 11.5 Å². The quantitative estimate of drug-likeness (QED) is 0.290. The number of ether oxygens (including phenoxy) is 2. The third-order valence-electron chi connectivity index (χ3n) is 6.63. The van der Waals surface area contributed by atoms with E-state index in [9.17, 15) is 24.6 Å². The molecule has 1 fully saturated rings. The Bertz CT molecular complexity index is 1440. The number of carbonyl (C=O) groups is 3. The Morgan fingerprint density at radius 2 is 1.53 bits per heavy atom. The second-order valence-corrected chi connectivity index (χ2v) is 9.27. The molecule has 3 aromatic carbocycles. The normalized spacial score (nSPS) is 17.9. The molecule has 9 nitrogen and oxygen atoms in total. The zero-order valence-corrected chi connectivity index (χ0v) is 20.9. The lowest BCUT2D eigenvalue weighted by molar-refractivity contribution is -0.140. The van der Waals surface area contributed by atoms with Crippen LogP contribution in [0.4, 0.5) is 5.69 Å². The van der Waals surface area contributed by atoms with Crippen LogP contribution in [0.1, 0.15) is 33.1 Å². The number of hydrogen-bond acceptors (Lipinski definition) is 7. The van der Waals surface area contributed by atoms with Crippen LogP contribution in [0.2, 0.25) is 0 Å². The highest BCUT2D eigenvalue weighted by molar-refractivity contribution is 6.46. The van der Waals surface area contributed by atoms with Gasteiger partial charge in [-0.05, 0) is 53.6 Å². The number of anilines is 1. The fourth-order valence-corrected chi connectivity index (χ4v) is 4.64. The van der Waals surface area contributed by atoms with Crippen molar-refractivity contribution in [2.75, 3.05) is 32.2 Å². The van der Waals surface area contributed by atoms with Gasteiger partial charge in [-0.3, -0.25) is 9.59 Å². The number of carboxylic acid groups (broad SMARTS) is 1. The number of amides is 1. The van der Waals surface area contributed by atoms with Crippen LogP contribution in [0, 0.1) is 0 Å². The van der Waals surface area contributed by atoms with Gasteiger partial charge in [-0.25, -0.2) is 4.79 Å². The summed E-state index contributed by atoms with van der Waals surface area (Å²) in [6, 6.07) is 17.5. The Hall–Kier alpha value is -4.79. The third kappa shape index (κ3) is 4.54. The smallest absolute Gasteiger partial charge is 0.335 e. The van der Waals surface area contributed by atoms with Gasteiger partial charge < -0.3 is 29.5 Å². The molecule has 0 aliphatic carbocycles. The Morgan fingerprint density at radius 1 is 0.895 bits per heavy atom. The molecule has 2 N–H and O–H groups in total. The number of benzene rings is 3. The van der Waals surface area contributed by atoms with E-state index in [1.165, 1.54) is 17.0 Å². The van der Waals surface area contributed by atoms with Crippen LogP contribution >= 0.6 is 0 Å². The maximum Gasteiger partial charge on any atom is 0.335 e. The number of rotatable bonds is 6. The van der Waals surface area contributed by atoms with Gasteiger partial charge in [0.2, 0.25) is 0 Å². The second-order valence-electron chi connectivity index (χ2n) is 9.27. The number of carboxylic acids is 1. The van der Waals surface area contributed by atoms with Crippen LogP contribution in [0.5, 0.6) is 11.5 Å². The molecule has 2 aliphatic rings. The van der Waals surface area contributed by atoms with E-state index in [4.69, 9.17) is 9.47 Å². The average Bonchev–Trinajstić information content (AvgIpc) is 3.17. The minimum atomic E-state index is -1.06. The summed E-state index contributed by atoms with van der Waals surface area (Å²) in [5, 5.41) is 20.6. The average molecular weight is 515 g/mol. The van der Waals surface area contributed by atoms with Crippen molar-refractivity contribution in [1.29, 1.82) is 0 Å². The Morgan fingerprint density at radius 3 is 2.16 bits per heavy atom. The van der Waals surface area contributed by atoms with Gasteiger partial charge in [0, 0.05) is 31.9 Å². The Balaban J connectivity index is 1.60. The molecule has 2 heterocycles. The Labute approximate surface area is 219 Å². The standard InChI is InChI=1S/C29H26N2O7/c1-30(2)21-10-7-18(8-11-21)25-24(26(32)20-9-12-22-23(15-20)38-14-13-37-22)27(33)28(34)31(25)16-17-3-5-19(6-4-17)29(35)36/h3-12,15,25,32H,13-14,16H2,1-2H3,(H,35,36)/b26-24-. The van der Waals surface area contributed by atoms with Gasteiger partial charge in [0.1, 0.15) is 19.0 Å². The molecule has 1 saturated heterocycles. The van der Waals surface area contributed by atoms with Crippen LogP contribution in [0.15, 0.2) is 72.3 Å². The maximum atomic E-state index is 13.4. The largest absolute Gasteiger partial charge is 0.507 e. The Kier molecular flexibility index (Phi) is 6.50. The molecule has 5 rings (SSSR count). The van der Waals surface area contributed by atoms with E-state index in [-0.39, 0.29) is 23.4 Å². The van der Waals surface area contributed by atoms with Gasteiger partial charge in [-0.1, -0.05) is 24.3 Å². The molecule has 1 unspecified atom stereocenters. The lowest BCUT2D eigenvalue weighted by atomic mass is 9.94. The number of aromatic carboxylic acids is 1. The van der Waals surface area contributed by atoms with Crippen molar-refractivity contribution in [2.45, 2.75) is 12.6 Å². The molecule has 38 heavy (non-hydrogen) atoms. The fraction of sp³-hybridized carbons (Fsp3) is 0.207. The van der Waals surface area contributed by atoms with E-state index >= 15 is 0 Å². The number of likely N-dealkylation sites (tertiary alicyclic amines) is 1. The van der Waals surface area contributed by atoms with Gasteiger partial charge in [-0.2, -0.15) is 0 Å². The first-order chi connectivity index (χ1) is 18.2. The van der Waals surface area contributed by atoms with Crippen LogP contribution in [-0.2, 0) is 16.1 Å². The molecule has 194 valence electrons. The van der Waals surface area contributed by atoms with E-state index in [0.29, 0.717) is 41.4 Å². The molecule has 1 amide bonds. The van der Waals surface area contributed by atoms with Crippen molar-refractivity contribution in [3.05, 3.63) is 94.6 Å². The molecule has 2 aliphatic heterocycles. The van der Waals surface area contributed by atoms with Gasteiger partial charge in [0.05, 0.1) is 17.2 Å². The van der Waals surface area contributed by atoms with E-state index in [1.807, 2.05) is 43.3 Å². The van der Waals surface area contributed by atoms with E-state index in [1.54, 1.807) is 30.3 Å². The molecule has 0 bridgehead atoms. The zero-order chi connectivity index (χ0) is 27.0. The molecular weight excluding hydrogens is 488 g/mol. The molecule has 1 atom stereocenters. The van der Waals surface area contributed by atoms with Gasteiger partial charge in [0.25, 0.3) is 11.7 Å². The van der Waals surface area contributed by atoms with E-state index < -0.39 is 23.7 Å². The summed E-state index contributed by atoms with van der Waals surface area (Å²) in [6.45, 7) is 0.822. The summed E-state index contributed by atoms with van der Waals surface area (Å²) in [7, 11) is 3.81. The monoisotopic (exact) mass is 514 g/mol. The highest BCUT2D eigenvalue weighted by Crippen LogP contribution is 2.42. The molecule has 0 saturated carbocycles. The summed E-state index contributed by atoms with van der Waals surface area (Å²) >= 11 is 0. The molecule has 0 spiro atoms. The van der Waals surface area contributed by atoms with Crippen molar-refractivity contribution < 1.29 is 34.1 Å². The SMILES string of the molecule is CN(C)c1ccc(C2/C(=C(/O)c3ccc4c(c3)OCCO4)C(=O)C(=O)N2Cc2ccc(C(=O)O)cc2)cc1. The number of carbonyl (C=O) groups excluding carboxylic acids is 2. The van der Waals surface area contributed by atoms with Crippen molar-refractivity contribution >= 4 is 29.1 Å².